The lowest BCUT2D eigenvalue weighted by atomic mass is 10.1. The molecule has 5 nitrogen and oxygen atoms in total. The number of nitrogens with two attached hydrogens (primary N) is 1. The van der Waals surface area contributed by atoms with Crippen molar-refractivity contribution in [3.8, 4) is 0 Å². The second kappa shape index (κ2) is 5.42. The second-order valence-corrected chi connectivity index (χ2v) is 5.32. The molecule has 1 fully saturated rings. The molecule has 0 spiro atoms. The molecule has 0 saturated heterocycles. The van der Waals surface area contributed by atoms with E-state index in [4.69, 9.17) is 15.2 Å². The van der Waals surface area contributed by atoms with E-state index >= 15 is 0 Å². The van der Waals surface area contributed by atoms with Gasteiger partial charge in [0.2, 0.25) is 0 Å². The predicted molar refractivity (Wildman–Crippen MR) is 66.3 cm³/mol. The molecule has 2 unspecified atom stereocenters. The summed E-state index contributed by atoms with van der Waals surface area (Å²) >= 11 is 0. The van der Waals surface area contributed by atoms with E-state index in [1.807, 2.05) is 0 Å². The molecular formula is C13H21NO4. The summed E-state index contributed by atoms with van der Waals surface area (Å²) in [5.74, 6) is -1.15. The van der Waals surface area contributed by atoms with Gasteiger partial charge < -0.3 is 15.2 Å². The SMILES string of the molecule is CCOC(=O)C1CC1C(=CN)C(=O)OC(C)(C)C. The summed E-state index contributed by atoms with van der Waals surface area (Å²) in [7, 11) is 0. The molecule has 1 saturated carbocycles. The van der Waals surface area contributed by atoms with Crippen LogP contribution in [0.5, 0.6) is 0 Å². The van der Waals surface area contributed by atoms with E-state index in [1.165, 1.54) is 6.20 Å². The van der Waals surface area contributed by atoms with E-state index in [9.17, 15) is 9.59 Å². The molecule has 0 aromatic heterocycles. The Labute approximate surface area is 107 Å². The Kier molecular flexibility index (Phi) is 4.38. The fraction of sp³-hybridized carbons (Fsp3) is 0.692. The molecule has 5 heteroatoms. The zero-order chi connectivity index (χ0) is 13.9. The molecule has 0 aliphatic heterocycles. The first kappa shape index (κ1) is 14.5. The number of hydrogen-bond acceptors (Lipinski definition) is 5. The smallest absolute Gasteiger partial charge is 0.336 e. The summed E-state index contributed by atoms with van der Waals surface area (Å²) in [6, 6.07) is 0. The van der Waals surface area contributed by atoms with Gasteiger partial charge in [-0.2, -0.15) is 0 Å². The molecule has 0 bridgehead atoms. The third kappa shape index (κ3) is 3.75. The van der Waals surface area contributed by atoms with Crippen molar-refractivity contribution in [1.82, 2.24) is 0 Å². The lowest BCUT2D eigenvalue weighted by Gasteiger charge is -2.20. The first-order valence-electron chi connectivity index (χ1n) is 6.12. The van der Waals surface area contributed by atoms with Gasteiger partial charge in [-0.1, -0.05) is 0 Å². The van der Waals surface area contributed by atoms with Gasteiger partial charge >= 0.3 is 11.9 Å². The van der Waals surface area contributed by atoms with Crippen molar-refractivity contribution in [2.24, 2.45) is 17.6 Å². The van der Waals surface area contributed by atoms with Gasteiger partial charge in [0.05, 0.1) is 18.1 Å². The fourth-order valence-electron chi connectivity index (χ4n) is 1.73. The van der Waals surface area contributed by atoms with Gasteiger partial charge in [0.15, 0.2) is 0 Å². The standard InChI is InChI=1S/C13H21NO4/c1-5-17-11(15)9-6-8(9)10(7-14)12(16)18-13(2,3)4/h7-9H,5-6,14H2,1-4H3. The van der Waals surface area contributed by atoms with Gasteiger partial charge in [0, 0.05) is 12.1 Å². The van der Waals surface area contributed by atoms with Crippen LogP contribution in [0, 0.1) is 11.8 Å². The van der Waals surface area contributed by atoms with E-state index in [-0.39, 0.29) is 17.8 Å². The minimum atomic E-state index is -0.570. The summed E-state index contributed by atoms with van der Waals surface area (Å²) in [4.78, 5) is 23.4. The van der Waals surface area contributed by atoms with Crippen LogP contribution in [0.2, 0.25) is 0 Å². The van der Waals surface area contributed by atoms with E-state index in [2.05, 4.69) is 0 Å². The van der Waals surface area contributed by atoms with E-state index in [1.54, 1.807) is 27.7 Å². The molecule has 0 aromatic carbocycles. The van der Waals surface area contributed by atoms with Crippen molar-refractivity contribution in [1.29, 1.82) is 0 Å². The summed E-state index contributed by atoms with van der Waals surface area (Å²) in [6.45, 7) is 7.46. The average molecular weight is 255 g/mol. The van der Waals surface area contributed by atoms with Gasteiger partial charge in [-0.3, -0.25) is 4.79 Å². The molecule has 0 amide bonds. The molecule has 1 rings (SSSR count). The first-order chi connectivity index (χ1) is 8.30. The average Bonchev–Trinajstić information content (AvgIpc) is 2.96. The zero-order valence-corrected chi connectivity index (χ0v) is 11.4. The molecular weight excluding hydrogens is 234 g/mol. The molecule has 0 heterocycles. The van der Waals surface area contributed by atoms with Crippen LogP contribution in [0.1, 0.15) is 34.1 Å². The Morgan fingerprint density at radius 2 is 1.94 bits per heavy atom. The molecule has 2 atom stereocenters. The third-order valence-electron chi connectivity index (χ3n) is 2.59. The zero-order valence-electron chi connectivity index (χ0n) is 11.4. The molecule has 2 N–H and O–H groups in total. The highest BCUT2D eigenvalue weighted by molar-refractivity contribution is 5.92. The summed E-state index contributed by atoms with van der Waals surface area (Å²) in [5, 5.41) is 0. The predicted octanol–water partition coefficient (Wildman–Crippen LogP) is 1.37. The highest BCUT2D eigenvalue weighted by Gasteiger charge is 2.49. The van der Waals surface area contributed by atoms with E-state index in [0.717, 1.165) is 0 Å². The van der Waals surface area contributed by atoms with Crippen LogP contribution < -0.4 is 5.73 Å². The van der Waals surface area contributed by atoms with Crippen LogP contribution in [-0.4, -0.2) is 24.1 Å². The number of carbonyl (C=O) groups excluding carboxylic acids is 2. The maximum Gasteiger partial charge on any atom is 0.336 e. The maximum atomic E-state index is 11.9. The maximum absolute atomic E-state index is 11.9. The Bertz CT molecular complexity index is 368. The normalized spacial score (nSPS) is 23.4. The number of carbonyl (C=O) groups is 2. The Hall–Kier alpha value is -1.52. The lowest BCUT2D eigenvalue weighted by molar-refractivity contribution is -0.150. The number of ether oxygens (including phenoxy) is 2. The highest BCUT2D eigenvalue weighted by Crippen LogP contribution is 2.45. The molecule has 18 heavy (non-hydrogen) atoms. The Balaban J connectivity index is 2.61. The molecule has 0 radical (unpaired) electrons. The van der Waals surface area contributed by atoms with Crippen molar-refractivity contribution in [2.45, 2.75) is 39.7 Å². The number of rotatable bonds is 4. The van der Waals surface area contributed by atoms with Gasteiger partial charge in [-0.05, 0) is 34.1 Å². The van der Waals surface area contributed by atoms with E-state index in [0.29, 0.717) is 18.6 Å². The van der Waals surface area contributed by atoms with Crippen LogP contribution >= 0.6 is 0 Å². The summed E-state index contributed by atoms with van der Waals surface area (Å²) in [5.41, 5.74) is 5.25. The number of hydrogen-bond donors (Lipinski definition) is 1. The van der Waals surface area contributed by atoms with Crippen LogP contribution in [0.25, 0.3) is 0 Å². The molecule has 1 aliphatic carbocycles. The van der Waals surface area contributed by atoms with Gasteiger partial charge in [0.1, 0.15) is 5.60 Å². The van der Waals surface area contributed by atoms with Crippen molar-refractivity contribution >= 4 is 11.9 Å². The second-order valence-electron chi connectivity index (χ2n) is 5.32. The van der Waals surface area contributed by atoms with E-state index < -0.39 is 11.6 Å². The lowest BCUT2D eigenvalue weighted by Crippen LogP contribution is -2.26. The van der Waals surface area contributed by atoms with Crippen LogP contribution in [0.4, 0.5) is 0 Å². The largest absolute Gasteiger partial charge is 0.466 e. The fourth-order valence-corrected chi connectivity index (χ4v) is 1.73. The number of esters is 2. The van der Waals surface area contributed by atoms with Crippen LogP contribution in [0.3, 0.4) is 0 Å². The Morgan fingerprint density at radius 3 is 2.39 bits per heavy atom. The highest BCUT2D eigenvalue weighted by atomic mass is 16.6. The molecule has 1 aliphatic rings. The quantitative estimate of drug-likeness (QED) is 0.606. The van der Waals surface area contributed by atoms with Gasteiger partial charge in [-0.15, -0.1) is 0 Å². The van der Waals surface area contributed by atoms with Crippen molar-refractivity contribution in [3.05, 3.63) is 11.8 Å². The van der Waals surface area contributed by atoms with Crippen LogP contribution in [0.15, 0.2) is 11.8 Å². The summed E-state index contributed by atoms with van der Waals surface area (Å²) in [6.07, 6.45) is 1.83. The monoisotopic (exact) mass is 255 g/mol. The Morgan fingerprint density at radius 1 is 1.33 bits per heavy atom. The molecule has 0 aromatic rings. The first-order valence-corrected chi connectivity index (χ1v) is 6.12. The van der Waals surface area contributed by atoms with Crippen molar-refractivity contribution in [3.63, 3.8) is 0 Å². The topological polar surface area (TPSA) is 78.6 Å². The molecule has 102 valence electrons. The minimum absolute atomic E-state index is 0.163. The minimum Gasteiger partial charge on any atom is -0.466 e. The van der Waals surface area contributed by atoms with Crippen LogP contribution in [-0.2, 0) is 19.1 Å². The third-order valence-corrected chi connectivity index (χ3v) is 2.59. The van der Waals surface area contributed by atoms with Crippen molar-refractivity contribution in [2.75, 3.05) is 6.61 Å². The summed E-state index contributed by atoms with van der Waals surface area (Å²) < 4.78 is 10.2. The van der Waals surface area contributed by atoms with Gasteiger partial charge in [-0.25, -0.2) is 4.79 Å². The van der Waals surface area contributed by atoms with Gasteiger partial charge in [0.25, 0.3) is 0 Å². The van der Waals surface area contributed by atoms with Crippen molar-refractivity contribution < 1.29 is 19.1 Å².